The van der Waals surface area contributed by atoms with E-state index in [9.17, 15) is 4.39 Å². The summed E-state index contributed by atoms with van der Waals surface area (Å²) in [5.74, 6) is 0.463. The zero-order valence-corrected chi connectivity index (χ0v) is 24.2. The molecule has 0 bridgehead atoms. The van der Waals surface area contributed by atoms with Gasteiger partial charge in [-0.3, -0.25) is 0 Å². The van der Waals surface area contributed by atoms with Gasteiger partial charge in [-0.2, -0.15) is 0 Å². The molecule has 0 saturated heterocycles. The summed E-state index contributed by atoms with van der Waals surface area (Å²) in [7, 11) is 1.86. The summed E-state index contributed by atoms with van der Waals surface area (Å²) in [6, 6.07) is 19.0. The van der Waals surface area contributed by atoms with E-state index in [-0.39, 0.29) is 11.2 Å². The van der Waals surface area contributed by atoms with Gasteiger partial charge in [0.1, 0.15) is 11.6 Å². The van der Waals surface area contributed by atoms with Crippen molar-refractivity contribution < 1.29 is 4.39 Å². The molecule has 2 aromatic rings. The molecule has 39 heavy (non-hydrogen) atoms. The van der Waals surface area contributed by atoms with Gasteiger partial charge in [0.05, 0.1) is 5.70 Å². The average Bonchev–Trinajstić information content (AvgIpc) is 2.97. The molecule has 3 nitrogen and oxygen atoms in total. The highest BCUT2D eigenvalue weighted by atomic mass is 19.1. The molecule has 0 amide bonds. The number of rotatable bonds is 14. The Morgan fingerprint density at radius 3 is 2.21 bits per heavy atom. The zero-order valence-electron chi connectivity index (χ0n) is 24.2. The topological polar surface area (TPSA) is 27.3 Å². The minimum Gasteiger partial charge on any atom is -0.388 e. The number of hydrogen-bond acceptors (Lipinski definition) is 3. The third-order valence-electron chi connectivity index (χ3n) is 8.05. The smallest absolute Gasteiger partial charge is 0.141 e. The maximum absolute atomic E-state index is 14.4. The normalized spacial score (nSPS) is 15.6. The second-order valence-corrected chi connectivity index (χ2v) is 10.6. The molecule has 2 N–H and O–H groups in total. The Balaban J connectivity index is 1.60. The van der Waals surface area contributed by atoms with Crippen LogP contribution < -0.4 is 10.6 Å². The van der Waals surface area contributed by atoms with Gasteiger partial charge in [-0.1, -0.05) is 93.6 Å². The maximum Gasteiger partial charge on any atom is 0.141 e. The second kappa shape index (κ2) is 14.6. The van der Waals surface area contributed by atoms with Crippen LogP contribution in [0.3, 0.4) is 0 Å². The minimum atomic E-state index is -0.343. The number of halogens is 1. The van der Waals surface area contributed by atoms with Crippen LogP contribution >= 0.6 is 0 Å². The monoisotopic (exact) mass is 527 g/mol. The summed E-state index contributed by atoms with van der Waals surface area (Å²) in [5, 5.41) is 7.20. The molecular formula is C35H46FN3. The van der Waals surface area contributed by atoms with Crippen molar-refractivity contribution in [2.24, 2.45) is 0 Å². The summed E-state index contributed by atoms with van der Waals surface area (Å²) in [6.07, 6.45) is 11.3. The lowest BCUT2D eigenvalue weighted by Crippen LogP contribution is -2.37. The van der Waals surface area contributed by atoms with Gasteiger partial charge in [-0.15, -0.1) is 0 Å². The first-order valence-electron chi connectivity index (χ1n) is 14.2. The number of hydrogen-bond donors (Lipinski definition) is 2. The Bertz CT molecular complexity index is 1190. The molecule has 2 aromatic carbocycles. The van der Waals surface area contributed by atoms with E-state index in [4.69, 9.17) is 0 Å². The van der Waals surface area contributed by atoms with E-state index in [2.05, 4.69) is 79.8 Å². The standard InChI is InChI=1S/C35H46FN3/c1-7-33(36)29(4)39(6)34(26-28(3)32-21-13-12-18-27(32)2)38-25-17-16-24-37-30(5)35(22-14-9-15-23-35)31-19-10-8-11-20-31/h7-8,10-13,18-21,26,37-38H,1,3,5,9,14-17,22-25H2,2,4,6H3/b33-29+,34-26-. The van der Waals surface area contributed by atoms with E-state index >= 15 is 0 Å². The molecule has 0 aromatic heterocycles. The van der Waals surface area contributed by atoms with Crippen molar-refractivity contribution in [1.29, 1.82) is 0 Å². The Labute approximate surface area is 235 Å². The second-order valence-electron chi connectivity index (χ2n) is 10.6. The highest BCUT2D eigenvalue weighted by Crippen LogP contribution is 2.43. The molecule has 0 heterocycles. The fourth-order valence-electron chi connectivity index (χ4n) is 5.48. The summed E-state index contributed by atoms with van der Waals surface area (Å²) in [6.45, 7) is 17.9. The van der Waals surface area contributed by atoms with E-state index in [0.29, 0.717) is 5.70 Å². The van der Waals surface area contributed by atoms with Gasteiger partial charge in [0, 0.05) is 31.2 Å². The summed E-state index contributed by atoms with van der Waals surface area (Å²) < 4.78 is 14.4. The summed E-state index contributed by atoms with van der Waals surface area (Å²) in [4.78, 5) is 1.83. The van der Waals surface area contributed by atoms with Gasteiger partial charge in [0.25, 0.3) is 0 Å². The fourth-order valence-corrected chi connectivity index (χ4v) is 5.48. The van der Waals surface area contributed by atoms with Crippen LogP contribution in [0.4, 0.5) is 4.39 Å². The molecule has 4 heteroatoms. The van der Waals surface area contributed by atoms with E-state index in [0.717, 1.165) is 67.0 Å². The van der Waals surface area contributed by atoms with Crippen molar-refractivity contribution in [2.75, 3.05) is 20.1 Å². The van der Waals surface area contributed by atoms with Gasteiger partial charge in [-0.05, 0) is 73.9 Å². The van der Waals surface area contributed by atoms with Crippen LogP contribution in [-0.2, 0) is 5.41 Å². The number of allylic oxidation sites excluding steroid dienone is 6. The molecule has 0 aliphatic heterocycles. The molecule has 208 valence electrons. The number of nitrogens with one attached hydrogen (secondary N) is 2. The largest absolute Gasteiger partial charge is 0.388 e. The number of aryl methyl sites for hydroxylation is 1. The van der Waals surface area contributed by atoms with Crippen LogP contribution in [-0.4, -0.2) is 25.0 Å². The average molecular weight is 528 g/mol. The Morgan fingerprint density at radius 2 is 1.56 bits per heavy atom. The lowest BCUT2D eigenvalue weighted by Gasteiger charge is -2.40. The Kier molecular flexibility index (Phi) is 11.2. The SMILES string of the molecule is C=C/C(F)=C(/C)N(C)/C(=C\C(=C)c1ccccc1C)NCCCCNC(=C)C1(c2ccccc2)CCCCC1. The molecule has 1 fully saturated rings. The van der Waals surface area contributed by atoms with Gasteiger partial charge in [0.15, 0.2) is 0 Å². The van der Waals surface area contributed by atoms with Gasteiger partial charge < -0.3 is 15.5 Å². The summed E-state index contributed by atoms with van der Waals surface area (Å²) >= 11 is 0. The number of nitrogens with zero attached hydrogens (tertiary/aromatic N) is 1. The molecule has 0 spiro atoms. The van der Waals surface area contributed by atoms with Crippen LogP contribution in [0.5, 0.6) is 0 Å². The van der Waals surface area contributed by atoms with Crippen LogP contribution in [0.15, 0.2) is 110 Å². The Hall–Kier alpha value is -3.53. The lowest BCUT2D eigenvalue weighted by molar-refractivity contribution is 0.324. The predicted octanol–water partition coefficient (Wildman–Crippen LogP) is 8.54. The first kappa shape index (κ1) is 30.0. The first-order valence-corrected chi connectivity index (χ1v) is 14.2. The molecule has 1 aliphatic carbocycles. The maximum atomic E-state index is 14.4. The van der Waals surface area contributed by atoms with E-state index in [1.165, 1.54) is 30.9 Å². The molecule has 1 aliphatic rings. The highest BCUT2D eigenvalue weighted by Gasteiger charge is 2.36. The van der Waals surface area contributed by atoms with E-state index in [1.54, 1.807) is 6.92 Å². The lowest BCUT2D eigenvalue weighted by atomic mass is 9.67. The van der Waals surface area contributed by atoms with Crippen LogP contribution in [0.2, 0.25) is 0 Å². The van der Waals surface area contributed by atoms with E-state index < -0.39 is 0 Å². The number of unbranched alkanes of at least 4 members (excludes halogenated alkanes) is 1. The third-order valence-corrected chi connectivity index (χ3v) is 8.05. The van der Waals surface area contributed by atoms with Crippen molar-refractivity contribution in [3.8, 4) is 0 Å². The predicted molar refractivity (Wildman–Crippen MR) is 166 cm³/mol. The van der Waals surface area contributed by atoms with Crippen molar-refractivity contribution >= 4 is 5.57 Å². The van der Waals surface area contributed by atoms with Gasteiger partial charge in [-0.25, -0.2) is 4.39 Å². The van der Waals surface area contributed by atoms with Crippen molar-refractivity contribution in [2.45, 2.75) is 64.2 Å². The van der Waals surface area contributed by atoms with Crippen LogP contribution in [0.1, 0.15) is 68.6 Å². The first-order chi connectivity index (χ1) is 18.8. The molecule has 0 unspecified atom stereocenters. The van der Waals surface area contributed by atoms with Crippen LogP contribution in [0.25, 0.3) is 5.57 Å². The van der Waals surface area contributed by atoms with Crippen molar-refractivity contribution in [1.82, 2.24) is 15.5 Å². The molecule has 0 atom stereocenters. The van der Waals surface area contributed by atoms with Crippen LogP contribution in [0, 0.1) is 6.92 Å². The molecule has 0 radical (unpaired) electrons. The Morgan fingerprint density at radius 1 is 0.949 bits per heavy atom. The third kappa shape index (κ3) is 7.75. The molecule has 1 saturated carbocycles. The highest BCUT2D eigenvalue weighted by molar-refractivity contribution is 5.74. The zero-order chi connectivity index (χ0) is 28.3. The molecular weight excluding hydrogens is 481 g/mol. The minimum absolute atomic E-state index is 0.0331. The summed E-state index contributed by atoms with van der Waals surface area (Å²) in [5.41, 5.74) is 6.17. The van der Waals surface area contributed by atoms with E-state index in [1.807, 2.05) is 30.2 Å². The fraction of sp³-hybridized carbons (Fsp3) is 0.371. The van der Waals surface area contributed by atoms with Gasteiger partial charge >= 0.3 is 0 Å². The molecule has 3 rings (SSSR count). The van der Waals surface area contributed by atoms with Crippen molar-refractivity contribution in [3.63, 3.8) is 0 Å². The number of benzene rings is 2. The van der Waals surface area contributed by atoms with Gasteiger partial charge in [0.2, 0.25) is 0 Å². The van der Waals surface area contributed by atoms with Crippen molar-refractivity contribution in [3.05, 3.63) is 126 Å². The quantitative estimate of drug-likeness (QED) is 0.190.